The van der Waals surface area contributed by atoms with Crippen molar-refractivity contribution in [3.05, 3.63) is 12.2 Å². The number of carboxylic acids is 2. The van der Waals surface area contributed by atoms with Gasteiger partial charge in [0.1, 0.15) is 0 Å². The number of hydrogen-bond donors (Lipinski definition) is 0. The molecule has 0 fully saturated rings. The Morgan fingerprint density at radius 2 is 1.04 bits per heavy atom. The van der Waals surface area contributed by atoms with Crippen LogP contribution >= 0.6 is 0 Å². The third-order valence-corrected chi connectivity index (χ3v) is 3.98. The molecule has 0 unspecified atom stereocenters. The van der Waals surface area contributed by atoms with Crippen LogP contribution in [-0.4, -0.2) is 42.6 Å². The standard InChI is InChI=1S/C14H32N.C4H4O4.K/c1-5-9-12-15(8-4,13-10-6-2)14-11-7-3;5-3(6)1-2-4(7)8;/h5-14H2,1-4H3;1-2H,(H,5,6)(H,7,8);/q+1;;+1/p-2/b;2-1-;. The first-order chi connectivity index (χ1) is 10.9. The van der Waals surface area contributed by atoms with Gasteiger partial charge in [-0.15, -0.1) is 0 Å². The van der Waals surface area contributed by atoms with Gasteiger partial charge in [-0.2, -0.15) is 0 Å². The average Bonchev–Trinajstić information content (AvgIpc) is 2.53. The largest absolute Gasteiger partial charge is 1.00 e. The molecule has 0 radical (unpaired) electrons. The van der Waals surface area contributed by atoms with E-state index in [1.54, 1.807) is 0 Å². The molecule has 136 valence electrons. The Hall–Kier alpha value is 0.276. The Bertz CT molecular complexity index is 308. The van der Waals surface area contributed by atoms with E-state index in [0.717, 1.165) is 0 Å². The second-order valence-electron chi connectivity index (χ2n) is 5.86. The number of rotatable bonds is 12. The number of unbranched alkanes of at least 4 members (excludes halogenated alkanes) is 3. The molecule has 0 aliphatic rings. The maximum absolute atomic E-state index is 9.41. The molecule has 5 nitrogen and oxygen atoms in total. The van der Waals surface area contributed by atoms with E-state index < -0.39 is 11.9 Å². The van der Waals surface area contributed by atoms with E-state index in [1.165, 1.54) is 69.2 Å². The Balaban J connectivity index is -0.000000419. The summed E-state index contributed by atoms with van der Waals surface area (Å²) < 4.78 is 1.38. The predicted molar refractivity (Wildman–Crippen MR) is 89.3 cm³/mol. The van der Waals surface area contributed by atoms with Gasteiger partial charge in [-0.3, -0.25) is 0 Å². The van der Waals surface area contributed by atoms with Gasteiger partial charge >= 0.3 is 51.4 Å². The summed E-state index contributed by atoms with van der Waals surface area (Å²) in [6.45, 7) is 14.9. The first-order valence-corrected chi connectivity index (χ1v) is 8.82. The first-order valence-electron chi connectivity index (χ1n) is 8.82. The van der Waals surface area contributed by atoms with Gasteiger partial charge < -0.3 is 24.3 Å². The van der Waals surface area contributed by atoms with Crippen molar-refractivity contribution in [2.45, 2.75) is 66.2 Å². The van der Waals surface area contributed by atoms with Crippen LogP contribution in [0.2, 0.25) is 0 Å². The van der Waals surface area contributed by atoms with E-state index in [2.05, 4.69) is 27.7 Å². The molecule has 0 heterocycles. The van der Waals surface area contributed by atoms with E-state index in [0.29, 0.717) is 12.2 Å². The summed E-state index contributed by atoms with van der Waals surface area (Å²) in [5.41, 5.74) is 0. The summed E-state index contributed by atoms with van der Waals surface area (Å²) in [7, 11) is 0. The van der Waals surface area contributed by atoms with Crippen LogP contribution in [0.25, 0.3) is 0 Å². The van der Waals surface area contributed by atoms with Gasteiger partial charge in [-0.05, 0) is 38.3 Å². The van der Waals surface area contributed by atoms with Crippen molar-refractivity contribution >= 4 is 11.9 Å². The summed E-state index contributed by atoms with van der Waals surface area (Å²) in [5, 5.41) is 18.8. The van der Waals surface area contributed by atoms with Crippen LogP contribution in [0.4, 0.5) is 0 Å². The third kappa shape index (κ3) is 18.6. The fraction of sp³-hybridized carbons (Fsp3) is 0.778. The van der Waals surface area contributed by atoms with Crippen LogP contribution in [0.5, 0.6) is 0 Å². The van der Waals surface area contributed by atoms with Gasteiger partial charge in [0, 0.05) is 0 Å². The smallest absolute Gasteiger partial charge is 0.545 e. The molecule has 0 aromatic carbocycles. The van der Waals surface area contributed by atoms with Crippen LogP contribution in [-0.2, 0) is 9.59 Å². The van der Waals surface area contributed by atoms with Crippen LogP contribution in [0.1, 0.15) is 66.2 Å². The monoisotopic (exact) mass is 367 g/mol. The average molecular weight is 368 g/mol. The quantitative estimate of drug-likeness (QED) is 0.233. The zero-order valence-corrected chi connectivity index (χ0v) is 19.4. The number of nitrogens with zero attached hydrogens (tertiary/aromatic N) is 1. The minimum atomic E-state index is -1.55. The molecule has 0 amide bonds. The Kier molecular flexibility index (Phi) is 23.7. The van der Waals surface area contributed by atoms with Gasteiger partial charge in [-0.1, -0.05) is 40.0 Å². The summed E-state index contributed by atoms with van der Waals surface area (Å²) in [5.74, 6) is -3.09. The van der Waals surface area contributed by atoms with Crippen molar-refractivity contribution in [3.63, 3.8) is 0 Å². The number of carbonyl (C=O) groups is 2. The van der Waals surface area contributed by atoms with Crippen molar-refractivity contribution < 1.29 is 75.7 Å². The summed E-state index contributed by atoms with van der Waals surface area (Å²) in [6.07, 6.45) is 9.02. The zero-order valence-electron chi connectivity index (χ0n) is 16.3. The molecule has 0 N–H and O–H groups in total. The maximum Gasteiger partial charge on any atom is 1.00 e. The van der Waals surface area contributed by atoms with Gasteiger partial charge in [0.2, 0.25) is 0 Å². The Morgan fingerprint density at radius 3 is 1.21 bits per heavy atom. The molecule has 0 aromatic heterocycles. The molecule has 0 aliphatic heterocycles. The summed E-state index contributed by atoms with van der Waals surface area (Å²) in [4.78, 5) is 18.8. The topological polar surface area (TPSA) is 80.3 Å². The molecule has 0 spiro atoms. The normalized spacial score (nSPS) is 10.7. The van der Waals surface area contributed by atoms with E-state index in [-0.39, 0.29) is 51.4 Å². The Morgan fingerprint density at radius 1 is 0.750 bits per heavy atom. The maximum atomic E-state index is 9.41. The molecule has 0 saturated carbocycles. The molecule has 0 aliphatic carbocycles. The fourth-order valence-corrected chi connectivity index (χ4v) is 2.43. The van der Waals surface area contributed by atoms with Crippen LogP contribution in [0, 0.1) is 0 Å². The molecule has 0 saturated heterocycles. The SMILES string of the molecule is CCCC[N+](CC)(CCCC)CCCC.O=C([O-])/C=C\C(=O)[O-].[K+]. The van der Waals surface area contributed by atoms with E-state index in [4.69, 9.17) is 0 Å². The van der Waals surface area contributed by atoms with Crippen LogP contribution in [0.3, 0.4) is 0 Å². The minimum absolute atomic E-state index is 0. The van der Waals surface area contributed by atoms with Crippen LogP contribution in [0.15, 0.2) is 12.2 Å². The number of carbonyl (C=O) groups excluding carboxylic acids is 2. The van der Waals surface area contributed by atoms with Gasteiger partial charge in [0.15, 0.2) is 0 Å². The molecule has 0 atom stereocenters. The van der Waals surface area contributed by atoms with Crippen molar-refractivity contribution in [2.75, 3.05) is 26.2 Å². The minimum Gasteiger partial charge on any atom is -0.545 e. The van der Waals surface area contributed by atoms with Crippen LogP contribution < -0.4 is 61.6 Å². The third-order valence-electron chi connectivity index (χ3n) is 3.98. The molecular weight excluding hydrogens is 333 g/mol. The Labute approximate surface area is 190 Å². The molecular formula is C18H34KNO4. The zero-order chi connectivity index (χ0) is 18.1. The fourth-order valence-electron chi connectivity index (χ4n) is 2.43. The van der Waals surface area contributed by atoms with Gasteiger partial charge in [0.25, 0.3) is 0 Å². The van der Waals surface area contributed by atoms with Crippen molar-refractivity contribution in [2.24, 2.45) is 0 Å². The second-order valence-corrected chi connectivity index (χ2v) is 5.86. The molecule has 24 heavy (non-hydrogen) atoms. The van der Waals surface area contributed by atoms with E-state index >= 15 is 0 Å². The molecule has 6 heteroatoms. The summed E-state index contributed by atoms with van der Waals surface area (Å²) >= 11 is 0. The molecule has 0 rings (SSSR count). The van der Waals surface area contributed by atoms with Crippen molar-refractivity contribution in [1.29, 1.82) is 0 Å². The number of aliphatic carboxylic acids is 2. The van der Waals surface area contributed by atoms with E-state index in [9.17, 15) is 19.8 Å². The second kappa shape index (κ2) is 19.6. The number of quaternary nitrogens is 1. The predicted octanol–water partition coefficient (Wildman–Crippen LogP) is -1.73. The van der Waals surface area contributed by atoms with E-state index in [1.807, 2.05) is 0 Å². The number of hydrogen-bond acceptors (Lipinski definition) is 4. The molecule has 0 bridgehead atoms. The van der Waals surface area contributed by atoms with Gasteiger partial charge in [0.05, 0.1) is 38.1 Å². The molecule has 0 aromatic rings. The van der Waals surface area contributed by atoms with Crippen molar-refractivity contribution in [1.82, 2.24) is 0 Å². The summed E-state index contributed by atoms with van der Waals surface area (Å²) in [6, 6.07) is 0. The first kappa shape index (κ1) is 29.1. The van der Waals surface area contributed by atoms with Crippen molar-refractivity contribution in [3.8, 4) is 0 Å². The van der Waals surface area contributed by atoms with Gasteiger partial charge in [-0.25, -0.2) is 0 Å². The number of carboxylic acid groups (broad SMARTS) is 2.